The quantitative estimate of drug-likeness (QED) is 0.696. The fraction of sp³-hybridized carbons (Fsp3) is 0.182. The first-order valence-electron chi connectivity index (χ1n) is 4.74. The van der Waals surface area contributed by atoms with Crippen molar-refractivity contribution >= 4 is 0 Å². The first-order valence-corrected chi connectivity index (χ1v) is 4.74. The molecular weight excluding hydrogens is 217 g/mol. The number of benzene rings is 1. The maximum absolute atomic E-state index is 12.3. The highest BCUT2D eigenvalue weighted by Gasteiger charge is 2.37. The van der Waals surface area contributed by atoms with E-state index in [1.807, 2.05) is 30.3 Å². The average Bonchev–Trinajstić information content (AvgIpc) is 2.67. The summed E-state index contributed by atoms with van der Waals surface area (Å²) in [7, 11) is 0. The summed E-state index contributed by atoms with van der Waals surface area (Å²) in [5.74, 6) is 0. The van der Waals surface area contributed by atoms with Crippen LogP contribution in [0.5, 0.6) is 0 Å². The van der Waals surface area contributed by atoms with Gasteiger partial charge in [-0.15, -0.1) is 17.7 Å². The van der Waals surface area contributed by atoms with Gasteiger partial charge in [0.1, 0.15) is 18.9 Å². The minimum atomic E-state index is -4.35. The molecule has 0 bridgehead atoms. The van der Waals surface area contributed by atoms with Gasteiger partial charge in [0, 0.05) is 0 Å². The molecule has 1 aromatic heterocycles. The second kappa shape index (κ2) is 4.00. The van der Waals surface area contributed by atoms with Crippen LogP contribution < -0.4 is 4.57 Å². The molecule has 0 aliphatic heterocycles. The number of hydrogen-bond donors (Lipinski definition) is 0. The third-order valence-corrected chi connectivity index (χ3v) is 2.19. The third kappa shape index (κ3) is 2.42. The lowest BCUT2D eigenvalue weighted by Crippen LogP contribution is -2.32. The molecule has 2 aromatic rings. The van der Waals surface area contributed by atoms with Crippen LogP contribution in [0.25, 0.3) is 0 Å². The van der Waals surface area contributed by atoms with E-state index in [-0.39, 0.29) is 4.57 Å². The summed E-state index contributed by atoms with van der Waals surface area (Å²) >= 11 is 0. The molecule has 1 heterocycles. The van der Waals surface area contributed by atoms with Gasteiger partial charge in [0.15, 0.2) is 0 Å². The Balaban J connectivity index is 2.15. The van der Waals surface area contributed by atoms with Gasteiger partial charge in [-0.1, -0.05) is 30.3 Å². The van der Waals surface area contributed by atoms with E-state index >= 15 is 0 Å². The fourth-order valence-corrected chi connectivity index (χ4v) is 1.43. The zero-order chi connectivity index (χ0) is 11.6. The molecule has 84 valence electrons. The van der Waals surface area contributed by atoms with Gasteiger partial charge in [0.25, 0.3) is 6.33 Å². The number of hydrogen-bond acceptors (Lipinski definition) is 0. The van der Waals surface area contributed by atoms with Gasteiger partial charge in [-0.05, 0) is 5.56 Å². The van der Waals surface area contributed by atoms with Crippen LogP contribution in [0.4, 0.5) is 13.2 Å². The van der Waals surface area contributed by atoms with Crippen LogP contribution in [0.3, 0.4) is 0 Å². The summed E-state index contributed by atoms with van der Waals surface area (Å²) in [6, 6.07) is 9.33. The monoisotopic (exact) mass is 227 g/mol. The lowest BCUT2D eigenvalue weighted by atomic mass is 10.2. The first-order chi connectivity index (χ1) is 7.55. The molecule has 1 aromatic carbocycles. The highest BCUT2D eigenvalue weighted by Crippen LogP contribution is 2.20. The predicted molar refractivity (Wildman–Crippen MR) is 51.5 cm³/mol. The van der Waals surface area contributed by atoms with E-state index < -0.39 is 6.30 Å². The summed E-state index contributed by atoms with van der Waals surface area (Å²) in [6.07, 6.45) is -0.904. The van der Waals surface area contributed by atoms with E-state index in [0.717, 1.165) is 18.1 Å². The molecule has 2 nitrogen and oxygen atoms in total. The number of aromatic nitrogens is 2. The minimum Gasteiger partial charge on any atom is -0.232 e. The van der Waals surface area contributed by atoms with E-state index in [9.17, 15) is 13.2 Å². The number of alkyl halides is 3. The van der Waals surface area contributed by atoms with E-state index in [2.05, 4.69) is 0 Å². The van der Waals surface area contributed by atoms with Crippen LogP contribution in [0.15, 0.2) is 49.1 Å². The van der Waals surface area contributed by atoms with Gasteiger partial charge in [-0.2, -0.15) is 0 Å². The van der Waals surface area contributed by atoms with Gasteiger partial charge >= 0.3 is 6.30 Å². The van der Waals surface area contributed by atoms with Crippen molar-refractivity contribution in [2.75, 3.05) is 0 Å². The lowest BCUT2D eigenvalue weighted by molar-refractivity contribution is -0.688. The minimum absolute atomic E-state index is 0.232. The van der Waals surface area contributed by atoms with Crippen LogP contribution in [0.2, 0.25) is 0 Å². The summed E-state index contributed by atoms with van der Waals surface area (Å²) in [6.45, 7) is 0.434. The van der Waals surface area contributed by atoms with Crippen molar-refractivity contribution in [2.45, 2.75) is 12.8 Å². The van der Waals surface area contributed by atoms with Gasteiger partial charge in [-0.3, -0.25) is 0 Å². The fourth-order valence-electron chi connectivity index (χ4n) is 1.43. The lowest BCUT2D eigenvalue weighted by Gasteiger charge is -1.99. The Morgan fingerprint density at radius 2 is 1.81 bits per heavy atom. The Morgan fingerprint density at radius 1 is 1.12 bits per heavy atom. The van der Waals surface area contributed by atoms with Crippen molar-refractivity contribution in [3.05, 3.63) is 54.6 Å². The molecule has 0 saturated heterocycles. The second-order valence-electron chi connectivity index (χ2n) is 3.45. The highest BCUT2D eigenvalue weighted by atomic mass is 19.4. The second-order valence-corrected chi connectivity index (χ2v) is 3.45. The van der Waals surface area contributed by atoms with Crippen molar-refractivity contribution in [1.82, 2.24) is 4.57 Å². The average molecular weight is 227 g/mol. The SMILES string of the molecule is FC(F)(F)n1cc[n+](Cc2ccccc2)c1. The van der Waals surface area contributed by atoms with Crippen LogP contribution >= 0.6 is 0 Å². The molecule has 0 saturated carbocycles. The summed E-state index contributed by atoms with van der Waals surface area (Å²) in [5.41, 5.74) is 0.965. The first kappa shape index (κ1) is 10.7. The summed E-state index contributed by atoms with van der Waals surface area (Å²) in [5, 5.41) is 0. The molecule has 0 N–H and O–H groups in total. The van der Waals surface area contributed by atoms with Crippen molar-refractivity contribution in [3.63, 3.8) is 0 Å². The molecule has 0 aliphatic carbocycles. The van der Waals surface area contributed by atoms with Crippen LogP contribution in [-0.2, 0) is 12.8 Å². The normalized spacial score (nSPS) is 11.7. The Hall–Kier alpha value is -1.78. The number of imidazole rings is 1. The Bertz CT molecular complexity index is 460. The largest absolute Gasteiger partial charge is 0.567 e. The number of nitrogens with zero attached hydrogens (tertiary/aromatic N) is 2. The van der Waals surface area contributed by atoms with Crippen molar-refractivity contribution in [2.24, 2.45) is 0 Å². The number of rotatable bonds is 2. The molecule has 0 amide bonds. The van der Waals surface area contributed by atoms with Crippen LogP contribution in [-0.4, -0.2) is 4.57 Å². The van der Waals surface area contributed by atoms with Crippen molar-refractivity contribution in [1.29, 1.82) is 0 Å². The Kier molecular flexibility index (Phi) is 2.68. The zero-order valence-electron chi connectivity index (χ0n) is 8.35. The molecule has 0 fully saturated rings. The molecule has 0 aliphatic rings. The van der Waals surface area contributed by atoms with E-state index in [1.54, 1.807) is 0 Å². The molecule has 16 heavy (non-hydrogen) atoms. The molecule has 2 rings (SSSR count). The Morgan fingerprint density at radius 3 is 2.38 bits per heavy atom. The third-order valence-electron chi connectivity index (χ3n) is 2.19. The maximum Gasteiger partial charge on any atom is 0.567 e. The predicted octanol–water partition coefficient (Wildman–Crippen LogP) is 2.30. The molecule has 0 spiro atoms. The Labute approximate surface area is 90.6 Å². The van der Waals surface area contributed by atoms with Crippen LogP contribution in [0, 0.1) is 0 Å². The van der Waals surface area contributed by atoms with Gasteiger partial charge < -0.3 is 0 Å². The van der Waals surface area contributed by atoms with Gasteiger partial charge in [-0.25, -0.2) is 4.57 Å². The molecule has 0 atom stereocenters. The molecule has 0 radical (unpaired) electrons. The van der Waals surface area contributed by atoms with Crippen LogP contribution in [0.1, 0.15) is 5.56 Å². The van der Waals surface area contributed by atoms with Crippen molar-refractivity contribution in [3.8, 4) is 0 Å². The smallest absolute Gasteiger partial charge is 0.232 e. The van der Waals surface area contributed by atoms with E-state index in [4.69, 9.17) is 0 Å². The number of halogens is 3. The highest BCUT2D eigenvalue weighted by molar-refractivity contribution is 5.13. The van der Waals surface area contributed by atoms with E-state index in [0.29, 0.717) is 6.54 Å². The zero-order valence-corrected chi connectivity index (χ0v) is 8.35. The molecular formula is C11H10F3N2+. The van der Waals surface area contributed by atoms with Gasteiger partial charge in [0.05, 0.1) is 0 Å². The molecule has 0 unspecified atom stereocenters. The maximum atomic E-state index is 12.3. The van der Waals surface area contributed by atoms with Gasteiger partial charge in [0.2, 0.25) is 0 Å². The van der Waals surface area contributed by atoms with E-state index in [1.165, 1.54) is 10.8 Å². The van der Waals surface area contributed by atoms with Crippen molar-refractivity contribution < 1.29 is 17.7 Å². The standard InChI is InChI=1S/C11H10F3N2/c12-11(13,14)16-7-6-15(9-16)8-10-4-2-1-3-5-10/h1-7,9H,8H2/q+1. The summed E-state index contributed by atoms with van der Waals surface area (Å²) < 4.78 is 38.6. The summed E-state index contributed by atoms with van der Waals surface area (Å²) in [4.78, 5) is 0. The topological polar surface area (TPSA) is 8.81 Å². The molecule has 5 heteroatoms.